The maximum Gasteiger partial charge on any atom is 0.155 e. The molecule has 0 saturated carbocycles. The van der Waals surface area contributed by atoms with Gasteiger partial charge in [-0.05, 0) is 19.8 Å². The molecule has 1 unspecified atom stereocenters. The van der Waals surface area contributed by atoms with Crippen LogP contribution in [0, 0.1) is 0 Å². The monoisotopic (exact) mass is 285 g/mol. The highest BCUT2D eigenvalue weighted by atomic mass is 35.5. The molecular formula is C14H24ClN3O. The Morgan fingerprint density at radius 2 is 2.11 bits per heavy atom. The van der Waals surface area contributed by atoms with E-state index in [-0.39, 0.29) is 18.2 Å². The van der Waals surface area contributed by atoms with Crippen molar-refractivity contribution in [3.63, 3.8) is 0 Å². The summed E-state index contributed by atoms with van der Waals surface area (Å²) >= 11 is 6.29. The quantitative estimate of drug-likeness (QED) is 0.799. The lowest BCUT2D eigenvalue weighted by Crippen LogP contribution is -2.32. The molecule has 1 aromatic rings. The van der Waals surface area contributed by atoms with E-state index in [1.54, 1.807) is 0 Å². The molecule has 0 aromatic carbocycles. The van der Waals surface area contributed by atoms with Crippen molar-refractivity contribution < 1.29 is 4.79 Å². The zero-order chi connectivity index (χ0) is 14.4. The summed E-state index contributed by atoms with van der Waals surface area (Å²) in [6, 6.07) is -0.388. The van der Waals surface area contributed by atoms with Gasteiger partial charge in [-0.2, -0.15) is 5.10 Å². The van der Waals surface area contributed by atoms with Crippen LogP contribution in [0.3, 0.4) is 0 Å². The Morgan fingerprint density at radius 3 is 2.63 bits per heavy atom. The van der Waals surface area contributed by atoms with Crippen molar-refractivity contribution in [2.45, 2.75) is 65.5 Å². The molecule has 0 aliphatic heterocycles. The van der Waals surface area contributed by atoms with Crippen molar-refractivity contribution in [3.8, 4) is 0 Å². The van der Waals surface area contributed by atoms with Gasteiger partial charge in [0.25, 0.3) is 0 Å². The fraction of sp³-hybridized carbons (Fsp3) is 0.714. The fourth-order valence-electron chi connectivity index (χ4n) is 2.07. The molecule has 0 radical (unpaired) electrons. The first-order chi connectivity index (χ1) is 9.04. The molecule has 1 rings (SSSR count). The number of halogens is 1. The number of unbranched alkanes of at least 4 members (excludes halogenated alkanes) is 1. The molecule has 1 atom stereocenters. The largest absolute Gasteiger partial charge is 0.321 e. The molecule has 2 N–H and O–H groups in total. The van der Waals surface area contributed by atoms with Crippen LogP contribution in [0.4, 0.5) is 0 Å². The number of carbonyl (C=O) groups excluding carboxylic acids is 1. The summed E-state index contributed by atoms with van der Waals surface area (Å²) in [6.45, 7) is 6.81. The third-order valence-electron chi connectivity index (χ3n) is 3.32. The van der Waals surface area contributed by atoms with Crippen LogP contribution in [0.5, 0.6) is 0 Å². The van der Waals surface area contributed by atoms with Crippen LogP contribution in [0.2, 0.25) is 5.02 Å². The first kappa shape index (κ1) is 16.2. The zero-order valence-corrected chi connectivity index (χ0v) is 12.8. The Morgan fingerprint density at radius 1 is 1.42 bits per heavy atom. The second-order valence-electron chi connectivity index (χ2n) is 4.77. The van der Waals surface area contributed by atoms with E-state index >= 15 is 0 Å². The molecule has 0 aliphatic carbocycles. The van der Waals surface area contributed by atoms with Crippen LogP contribution in [0.15, 0.2) is 0 Å². The average Bonchev–Trinajstić information content (AvgIpc) is 2.72. The van der Waals surface area contributed by atoms with Gasteiger partial charge in [-0.15, -0.1) is 0 Å². The van der Waals surface area contributed by atoms with Gasteiger partial charge in [0.15, 0.2) is 5.78 Å². The molecule has 1 heterocycles. The normalized spacial score (nSPS) is 12.7. The van der Waals surface area contributed by atoms with E-state index in [1.807, 2.05) is 18.5 Å². The highest BCUT2D eigenvalue weighted by Crippen LogP contribution is 2.22. The molecular weight excluding hydrogens is 262 g/mol. The van der Waals surface area contributed by atoms with Gasteiger partial charge in [-0.1, -0.05) is 38.3 Å². The van der Waals surface area contributed by atoms with Crippen molar-refractivity contribution in [1.29, 1.82) is 0 Å². The lowest BCUT2D eigenvalue weighted by molar-refractivity contribution is -0.119. The van der Waals surface area contributed by atoms with E-state index < -0.39 is 0 Å². The Labute approximate surface area is 120 Å². The van der Waals surface area contributed by atoms with Crippen LogP contribution < -0.4 is 5.73 Å². The van der Waals surface area contributed by atoms with E-state index in [0.29, 0.717) is 11.6 Å². The van der Waals surface area contributed by atoms with Gasteiger partial charge in [-0.3, -0.25) is 9.48 Å². The highest BCUT2D eigenvalue weighted by Gasteiger charge is 2.20. The Kier molecular flexibility index (Phi) is 6.52. The van der Waals surface area contributed by atoms with Crippen molar-refractivity contribution >= 4 is 17.4 Å². The average molecular weight is 286 g/mol. The van der Waals surface area contributed by atoms with Gasteiger partial charge in [0.2, 0.25) is 0 Å². The van der Waals surface area contributed by atoms with Gasteiger partial charge >= 0.3 is 0 Å². The summed E-state index contributed by atoms with van der Waals surface area (Å²) in [4.78, 5) is 12.1. The summed E-state index contributed by atoms with van der Waals surface area (Å²) in [5, 5.41) is 5.04. The van der Waals surface area contributed by atoms with Crippen LogP contribution in [0.25, 0.3) is 0 Å². The predicted molar refractivity (Wildman–Crippen MR) is 78.5 cm³/mol. The molecule has 1 aromatic heterocycles. The lowest BCUT2D eigenvalue weighted by atomic mass is 10.0. The molecule has 108 valence electrons. The van der Waals surface area contributed by atoms with Crippen molar-refractivity contribution in [1.82, 2.24) is 9.78 Å². The van der Waals surface area contributed by atoms with Gasteiger partial charge in [0.05, 0.1) is 28.9 Å². The van der Waals surface area contributed by atoms with Gasteiger partial charge in [0, 0.05) is 6.54 Å². The number of aromatic nitrogens is 2. The summed E-state index contributed by atoms with van der Waals surface area (Å²) in [7, 11) is 0. The number of nitrogens with zero attached hydrogens (tertiary/aromatic N) is 2. The van der Waals surface area contributed by atoms with E-state index in [0.717, 1.165) is 37.1 Å². The second kappa shape index (κ2) is 7.65. The van der Waals surface area contributed by atoms with Gasteiger partial charge in [-0.25, -0.2) is 0 Å². The maximum atomic E-state index is 12.1. The topological polar surface area (TPSA) is 60.9 Å². The van der Waals surface area contributed by atoms with Crippen molar-refractivity contribution in [3.05, 3.63) is 16.4 Å². The number of nitrogens with two attached hydrogens (primary N) is 1. The minimum absolute atomic E-state index is 0.0487. The number of rotatable bonds is 8. The molecule has 5 heteroatoms. The Balaban J connectivity index is 2.81. The number of hydrogen-bond donors (Lipinski definition) is 1. The minimum Gasteiger partial charge on any atom is -0.321 e. The van der Waals surface area contributed by atoms with Crippen LogP contribution in [-0.2, 0) is 24.2 Å². The maximum absolute atomic E-state index is 12.1. The first-order valence-electron chi connectivity index (χ1n) is 7.07. The Hall–Kier alpha value is -0.870. The molecule has 0 aliphatic rings. The minimum atomic E-state index is -0.388. The highest BCUT2D eigenvalue weighted by molar-refractivity contribution is 6.32. The number of hydrogen-bond acceptors (Lipinski definition) is 3. The zero-order valence-electron chi connectivity index (χ0n) is 12.1. The summed E-state index contributed by atoms with van der Waals surface area (Å²) in [5.74, 6) is 0.0487. The molecule has 0 saturated heterocycles. The standard InChI is InChI=1S/C14H24ClN3O/c1-4-7-8-10(16)13(19)9-12-14(15)11(5-2)17-18(12)6-3/h10H,4-9,16H2,1-3H3. The second-order valence-corrected chi connectivity index (χ2v) is 5.15. The fourth-order valence-corrected chi connectivity index (χ4v) is 2.40. The third-order valence-corrected chi connectivity index (χ3v) is 3.75. The number of Topliss-reactive ketones (excluding diaryl/α,β-unsaturated/α-hetero) is 1. The van der Waals surface area contributed by atoms with Crippen LogP contribution in [-0.4, -0.2) is 21.6 Å². The van der Waals surface area contributed by atoms with E-state index in [4.69, 9.17) is 17.3 Å². The number of carbonyl (C=O) groups is 1. The van der Waals surface area contributed by atoms with Crippen LogP contribution >= 0.6 is 11.6 Å². The van der Waals surface area contributed by atoms with E-state index in [2.05, 4.69) is 12.0 Å². The molecule has 0 bridgehead atoms. The molecule has 19 heavy (non-hydrogen) atoms. The third kappa shape index (κ3) is 4.05. The number of ketones is 1. The van der Waals surface area contributed by atoms with Gasteiger partial charge in [0.1, 0.15) is 0 Å². The first-order valence-corrected chi connectivity index (χ1v) is 7.45. The molecule has 0 spiro atoms. The predicted octanol–water partition coefficient (Wildman–Crippen LogP) is 2.75. The summed E-state index contributed by atoms with van der Waals surface area (Å²) in [5.41, 5.74) is 7.57. The molecule has 4 nitrogen and oxygen atoms in total. The molecule has 0 amide bonds. The van der Waals surface area contributed by atoms with Crippen molar-refractivity contribution in [2.75, 3.05) is 0 Å². The van der Waals surface area contributed by atoms with Crippen molar-refractivity contribution in [2.24, 2.45) is 5.73 Å². The molecule has 0 fully saturated rings. The SMILES string of the molecule is CCCCC(N)C(=O)Cc1c(Cl)c(CC)nn1CC. The summed E-state index contributed by atoms with van der Waals surface area (Å²) in [6.07, 6.45) is 3.83. The van der Waals surface area contributed by atoms with Gasteiger partial charge < -0.3 is 5.73 Å². The smallest absolute Gasteiger partial charge is 0.155 e. The lowest BCUT2D eigenvalue weighted by Gasteiger charge is -2.11. The Bertz CT molecular complexity index is 429. The number of aryl methyl sites for hydroxylation is 2. The van der Waals surface area contributed by atoms with Crippen LogP contribution in [0.1, 0.15) is 51.4 Å². The summed E-state index contributed by atoms with van der Waals surface area (Å²) < 4.78 is 1.81. The van der Waals surface area contributed by atoms with E-state index in [9.17, 15) is 4.79 Å². The van der Waals surface area contributed by atoms with E-state index in [1.165, 1.54) is 0 Å².